The Labute approximate surface area is 109 Å². The lowest BCUT2D eigenvalue weighted by atomic mass is 9.96. The average molecular weight is 250 g/mol. The summed E-state index contributed by atoms with van der Waals surface area (Å²) < 4.78 is 5.27. The monoisotopic (exact) mass is 250 g/mol. The molecule has 0 saturated carbocycles. The first-order valence-corrected chi connectivity index (χ1v) is 6.18. The second kappa shape index (κ2) is 5.53. The molecular weight excluding hydrogens is 228 g/mol. The number of aryl methyl sites for hydroxylation is 1. The highest BCUT2D eigenvalue weighted by molar-refractivity contribution is 5.73. The van der Waals surface area contributed by atoms with Crippen molar-refractivity contribution in [1.29, 1.82) is 0 Å². The normalized spacial score (nSPS) is 15.0. The van der Waals surface area contributed by atoms with E-state index < -0.39 is 17.6 Å². The number of ether oxygens (including phenoxy) is 1. The van der Waals surface area contributed by atoms with Crippen LogP contribution in [-0.2, 0) is 9.53 Å². The van der Waals surface area contributed by atoms with E-state index in [1.54, 1.807) is 6.92 Å². The van der Waals surface area contributed by atoms with Crippen LogP contribution >= 0.6 is 0 Å². The van der Waals surface area contributed by atoms with Gasteiger partial charge < -0.3 is 9.84 Å². The summed E-state index contributed by atoms with van der Waals surface area (Å²) in [6.07, 6.45) is -0.833. The topological polar surface area (TPSA) is 46.5 Å². The Balaban J connectivity index is 2.74. The number of hydrogen-bond acceptors (Lipinski definition) is 3. The van der Waals surface area contributed by atoms with Crippen LogP contribution in [-0.4, -0.2) is 16.7 Å². The van der Waals surface area contributed by atoms with Gasteiger partial charge in [0.1, 0.15) is 5.60 Å². The van der Waals surface area contributed by atoms with Crippen molar-refractivity contribution in [1.82, 2.24) is 0 Å². The van der Waals surface area contributed by atoms with Crippen molar-refractivity contribution < 1.29 is 14.6 Å². The lowest BCUT2D eigenvalue weighted by Crippen LogP contribution is -2.30. The molecule has 0 aliphatic heterocycles. The molecule has 0 saturated heterocycles. The third kappa shape index (κ3) is 4.15. The van der Waals surface area contributed by atoms with Gasteiger partial charge in [-0.1, -0.05) is 29.8 Å². The third-order valence-electron chi connectivity index (χ3n) is 2.67. The Kier molecular flexibility index (Phi) is 4.52. The van der Waals surface area contributed by atoms with Gasteiger partial charge in [0.15, 0.2) is 0 Å². The third-order valence-corrected chi connectivity index (χ3v) is 2.67. The lowest BCUT2D eigenvalue weighted by molar-refractivity contribution is -0.163. The van der Waals surface area contributed by atoms with E-state index in [0.717, 1.165) is 11.1 Å². The van der Waals surface area contributed by atoms with E-state index in [0.29, 0.717) is 0 Å². The van der Waals surface area contributed by atoms with Crippen molar-refractivity contribution in [3.05, 3.63) is 35.4 Å². The van der Waals surface area contributed by atoms with Gasteiger partial charge in [0.05, 0.1) is 12.0 Å². The first-order chi connectivity index (χ1) is 8.20. The smallest absolute Gasteiger partial charge is 0.312 e. The van der Waals surface area contributed by atoms with E-state index in [1.165, 1.54) is 0 Å². The summed E-state index contributed by atoms with van der Waals surface area (Å²) in [7, 11) is 0. The Bertz CT molecular complexity index is 401. The highest BCUT2D eigenvalue weighted by Crippen LogP contribution is 2.24. The Morgan fingerprint density at radius 2 is 1.72 bits per heavy atom. The minimum absolute atomic E-state index is 0.379. The zero-order valence-electron chi connectivity index (χ0n) is 11.7. The molecule has 1 N–H and O–H groups in total. The van der Waals surface area contributed by atoms with Gasteiger partial charge in [0.2, 0.25) is 0 Å². The maximum absolute atomic E-state index is 11.9. The largest absolute Gasteiger partial charge is 0.460 e. The minimum Gasteiger partial charge on any atom is -0.460 e. The summed E-state index contributed by atoms with van der Waals surface area (Å²) >= 11 is 0. The van der Waals surface area contributed by atoms with E-state index in [-0.39, 0.29) is 5.97 Å². The molecule has 18 heavy (non-hydrogen) atoms. The second-order valence-electron chi connectivity index (χ2n) is 5.68. The molecule has 1 rings (SSSR count). The highest BCUT2D eigenvalue weighted by Gasteiger charge is 2.28. The van der Waals surface area contributed by atoms with Crippen LogP contribution in [0, 0.1) is 12.8 Å². The van der Waals surface area contributed by atoms with E-state index >= 15 is 0 Å². The first-order valence-electron chi connectivity index (χ1n) is 6.18. The summed E-state index contributed by atoms with van der Waals surface area (Å²) in [6.45, 7) is 9.10. The molecule has 1 aromatic rings. The van der Waals surface area contributed by atoms with Crippen LogP contribution in [0.15, 0.2) is 24.3 Å². The lowest BCUT2D eigenvalue weighted by Gasteiger charge is -2.24. The molecule has 0 amide bonds. The molecule has 0 radical (unpaired) electrons. The molecule has 0 fully saturated rings. The van der Waals surface area contributed by atoms with E-state index in [1.807, 2.05) is 52.0 Å². The maximum Gasteiger partial charge on any atom is 0.312 e. The van der Waals surface area contributed by atoms with Crippen molar-refractivity contribution in [2.75, 3.05) is 0 Å². The van der Waals surface area contributed by atoms with E-state index in [4.69, 9.17) is 4.74 Å². The molecule has 0 bridgehead atoms. The Morgan fingerprint density at radius 1 is 1.22 bits per heavy atom. The maximum atomic E-state index is 11.9. The molecule has 2 atom stereocenters. The summed E-state index contributed by atoms with van der Waals surface area (Å²) in [6, 6.07) is 7.50. The SMILES string of the molecule is Cc1ccc(C(O)C(C)C(=O)OC(C)(C)C)cc1. The van der Waals surface area contributed by atoms with Crippen LogP contribution in [0.2, 0.25) is 0 Å². The quantitative estimate of drug-likeness (QED) is 0.839. The molecule has 3 nitrogen and oxygen atoms in total. The van der Waals surface area contributed by atoms with Crippen molar-refractivity contribution >= 4 is 5.97 Å². The zero-order valence-corrected chi connectivity index (χ0v) is 11.7. The molecule has 3 heteroatoms. The molecular formula is C15H22O3. The summed E-state index contributed by atoms with van der Waals surface area (Å²) in [4.78, 5) is 11.9. The minimum atomic E-state index is -0.833. The molecule has 0 spiro atoms. The number of aliphatic hydroxyl groups is 1. The van der Waals surface area contributed by atoms with Crippen LogP contribution in [0.25, 0.3) is 0 Å². The van der Waals surface area contributed by atoms with Crippen LogP contribution in [0.5, 0.6) is 0 Å². The summed E-state index contributed by atoms with van der Waals surface area (Å²) in [5.74, 6) is -0.956. The number of rotatable bonds is 3. The number of hydrogen-bond donors (Lipinski definition) is 1. The van der Waals surface area contributed by atoms with Gasteiger partial charge in [-0.3, -0.25) is 4.79 Å². The van der Waals surface area contributed by atoms with E-state index in [9.17, 15) is 9.90 Å². The number of carbonyl (C=O) groups excluding carboxylic acids is 1. The Hall–Kier alpha value is -1.35. The van der Waals surface area contributed by atoms with Crippen molar-refractivity contribution in [3.8, 4) is 0 Å². The first kappa shape index (κ1) is 14.7. The number of benzene rings is 1. The van der Waals surface area contributed by atoms with Crippen molar-refractivity contribution in [3.63, 3.8) is 0 Å². The van der Waals surface area contributed by atoms with Gasteiger partial charge in [-0.05, 0) is 40.2 Å². The Morgan fingerprint density at radius 3 is 2.17 bits per heavy atom. The van der Waals surface area contributed by atoms with Gasteiger partial charge in [0, 0.05) is 0 Å². The van der Waals surface area contributed by atoms with Gasteiger partial charge >= 0.3 is 5.97 Å². The predicted octanol–water partition coefficient (Wildman–Crippen LogP) is 3.01. The molecule has 2 unspecified atom stereocenters. The molecule has 0 aromatic heterocycles. The standard InChI is InChI=1S/C15H22O3/c1-10-6-8-12(9-7-10)13(16)11(2)14(17)18-15(3,4)5/h6-9,11,13,16H,1-5H3. The predicted molar refractivity (Wildman–Crippen MR) is 71.1 cm³/mol. The van der Waals surface area contributed by atoms with Crippen LogP contribution in [0.3, 0.4) is 0 Å². The fourth-order valence-corrected chi connectivity index (χ4v) is 1.58. The number of aliphatic hydroxyl groups excluding tert-OH is 1. The number of carbonyl (C=O) groups is 1. The second-order valence-corrected chi connectivity index (χ2v) is 5.68. The van der Waals surface area contributed by atoms with Crippen LogP contribution < -0.4 is 0 Å². The van der Waals surface area contributed by atoms with Crippen LogP contribution in [0.4, 0.5) is 0 Å². The van der Waals surface area contributed by atoms with Gasteiger partial charge in [-0.15, -0.1) is 0 Å². The van der Waals surface area contributed by atoms with E-state index in [2.05, 4.69) is 0 Å². The molecule has 0 aliphatic rings. The van der Waals surface area contributed by atoms with Crippen molar-refractivity contribution in [2.24, 2.45) is 5.92 Å². The summed E-state index contributed by atoms with van der Waals surface area (Å²) in [5, 5.41) is 10.1. The molecule has 100 valence electrons. The number of esters is 1. The van der Waals surface area contributed by atoms with Gasteiger partial charge in [0.25, 0.3) is 0 Å². The average Bonchev–Trinajstić information content (AvgIpc) is 2.26. The summed E-state index contributed by atoms with van der Waals surface area (Å²) in [5.41, 5.74) is 1.33. The van der Waals surface area contributed by atoms with Gasteiger partial charge in [-0.2, -0.15) is 0 Å². The fraction of sp³-hybridized carbons (Fsp3) is 0.533. The molecule has 1 aromatic carbocycles. The molecule has 0 aliphatic carbocycles. The highest BCUT2D eigenvalue weighted by atomic mass is 16.6. The van der Waals surface area contributed by atoms with Gasteiger partial charge in [-0.25, -0.2) is 0 Å². The fourth-order valence-electron chi connectivity index (χ4n) is 1.58. The molecule has 0 heterocycles. The zero-order chi connectivity index (χ0) is 13.9. The van der Waals surface area contributed by atoms with Crippen molar-refractivity contribution in [2.45, 2.75) is 46.3 Å². The van der Waals surface area contributed by atoms with Crippen LogP contribution in [0.1, 0.15) is 44.9 Å².